The Morgan fingerprint density at radius 3 is 2.79 bits per heavy atom. The Labute approximate surface area is 80.8 Å². The molecular weight excluding hydrogens is 183 g/mol. The van der Waals surface area contributed by atoms with Gasteiger partial charge in [0.05, 0.1) is 17.5 Å². The van der Waals surface area contributed by atoms with Crippen molar-refractivity contribution in [2.24, 2.45) is 0 Å². The summed E-state index contributed by atoms with van der Waals surface area (Å²) in [6.07, 6.45) is 2.35. The van der Waals surface area contributed by atoms with Crippen molar-refractivity contribution in [3.8, 4) is 0 Å². The van der Waals surface area contributed by atoms with E-state index >= 15 is 0 Å². The van der Waals surface area contributed by atoms with Crippen LogP contribution in [0.5, 0.6) is 0 Å². The third kappa shape index (κ3) is 1.16. The monoisotopic (exact) mass is 194 g/mol. The first-order chi connectivity index (χ1) is 6.77. The third-order valence-electron chi connectivity index (χ3n) is 2.24. The molecule has 0 unspecified atom stereocenters. The van der Waals surface area contributed by atoms with Crippen LogP contribution in [0.15, 0.2) is 6.33 Å². The molecular formula is C9H11FN4. The highest BCUT2D eigenvalue weighted by Crippen LogP contribution is 2.17. The van der Waals surface area contributed by atoms with Crippen molar-refractivity contribution in [2.45, 2.75) is 26.8 Å². The molecule has 0 N–H and O–H groups in total. The van der Waals surface area contributed by atoms with Gasteiger partial charge in [0.1, 0.15) is 5.52 Å². The molecule has 0 aliphatic rings. The number of hydrogen-bond acceptors (Lipinski definition) is 3. The maximum absolute atomic E-state index is 13.2. The Morgan fingerprint density at radius 2 is 2.14 bits per heavy atom. The summed E-state index contributed by atoms with van der Waals surface area (Å²) in [4.78, 5) is 3.98. The van der Waals surface area contributed by atoms with E-state index in [2.05, 4.69) is 15.2 Å². The van der Waals surface area contributed by atoms with Gasteiger partial charge in [-0.3, -0.25) is 0 Å². The average Bonchev–Trinajstić information content (AvgIpc) is 2.63. The molecule has 0 aromatic carbocycles. The number of halogens is 1. The van der Waals surface area contributed by atoms with E-state index in [1.807, 2.05) is 18.4 Å². The van der Waals surface area contributed by atoms with Gasteiger partial charge < -0.3 is 4.57 Å². The highest BCUT2D eigenvalue weighted by molar-refractivity contribution is 5.77. The number of fused-ring (bicyclic) bond motifs is 1. The van der Waals surface area contributed by atoms with Crippen molar-refractivity contribution >= 4 is 11.0 Å². The van der Waals surface area contributed by atoms with Gasteiger partial charge in [-0.15, -0.1) is 5.10 Å². The molecule has 4 nitrogen and oxygen atoms in total. The predicted molar refractivity (Wildman–Crippen MR) is 50.3 cm³/mol. The Bertz CT molecular complexity index is 463. The number of hydrogen-bond donors (Lipinski definition) is 0. The fourth-order valence-corrected chi connectivity index (χ4v) is 1.51. The lowest BCUT2D eigenvalue weighted by atomic mass is 10.2. The van der Waals surface area contributed by atoms with Gasteiger partial charge in [0.25, 0.3) is 5.95 Å². The second kappa shape index (κ2) is 3.32. The number of aryl methyl sites for hydroxylation is 2. The van der Waals surface area contributed by atoms with Crippen LogP contribution < -0.4 is 0 Å². The molecule has 14 heavy (non-hydrogen) atoms. The van der Waals surface area contributed by atoms with Crippen molar-refractivity contribution in [1.29, 1.82) is 0 Å². The highest BCUT2D eigenvalue weighted by atomic mass is 19.1. The van der Waals surface area contributed by atoms with Crippen LogP contribution in [0.2, 0.25) is 0 Å². The molecule has 0 saturated heterocycles. The van der Waals surface area contributed by atoms with E-state index in [0.717, 1.165) is 24.2 Å². The summed E-state index contributed by atoms with van der Waals surface area (Å²) in [7, 11) is 0. The number of imidazole rings is 1. The van der Waals surface area contributed by atoms with E-state index in [-0.39, 0.29) is 0 Å². The van der Waals surface area contributed by atoms with Gasteiger partial charge in [-0.05, 0) is 13.3 Å². The zero-order chi connectivity index (χ0) is 10.1. The van der Waals surface area contributed by atoms with Crippen LogP contribution in [0.1, 0.15) is 19.5 Å². The minimum absolute atomic E-state index is 0.318. The minimum Gasteiger partial charge on any atom is -0.329 e. The van der Waals surface area contributed by atoms with Crippen molar-refractivity contribution < 1.29 is 4.39 Å². The molecule has 0 atom stereocenters. The Hall–Kier alpha value is -1.52. The maximum Gasteiger partial charge on any atom is 0.260 e. The van der Waals surface area contributed by atoms with Crippen LogP contribution in [-0.2, 0) is 13.0 Å². The van der Waals surface area contributed by atoms with Gasteiger partial charge in [0, 0.05) is 6.54 Å². The minimum atomic E-state index is -0.593. The first kappa shape index (κ1) is 9.05. The van der Waals surface area contributed by atoms with Crippen LogP contribution in [0, 0.1) is 5.95 Å². The van der Waals surface area contributed by atoms with Gasteiger partial charge >= 0.3 is 0 Å². The quantitative estimate of drug-likeness (QED) is 0.728. The van der Waals surface area contributed by atoms with Crippen molar-refractivity contribution in [3.05, 3.63) is 18.0 Å². The van der Waals surface area contributed by atoms with Crippen molar-refractivity contribution in [2.75, 3.05) is 0 Å². The Kier molecular flexibility index (Phi) is 2.15. The van der Waals surface area contributed by atoms with E-state index in [0.29, 0.717) is 5.52 Å². The van der Waals surface area contributed by atoms with Gasteiger partial charge in [0.15, 0.2) is 0 Å². The van der Waals surface area contributed by atoms with E-state index in [1.165, 1.54) is 0 Å². The summed E-state index contributed by atoms with van der Waals surface area (Å²) in [5, 5.41) is 7.25. The summed E-state index contributed by atoms with van der Waals surface area (Å²) in [5.41, 5.74) is 1.88. The first-order valence-electron chi connectivity index (χ1n) is 4.63. The van der Waals surface area contributed by atoms with Gasteiger partial charge in [-0.2, -0.15) is 9.49 Å². The largest absolute Gasteiger partial charge is 0.329 e. The standard InChI is InChI=1S/C9H11FN4/c1-3-6-8-7(9(10)13-12-6)11-5-14(8)4-2/h5H,3-4H2,1-2H3. The van der Waals surface area contributed by atoms with Crippen molar-refractivity contribution in [3.63, 3.8) is 0 Å². The molecule has 2 aromatic rings. The molecule has 0 saturated carbocycles. The van der Waals surface area contributed by atoms with Crippen molar-refractivity contribution in [1.82, 2.24) is 19.7 Å². The van der Waals surface area contributed by atoms with E-state index in [1.54, 1.807) is 6.33 Å². The number of nitrogens with zero attached hydrogens (tertiary/aromatic N) is 4. The lowest BCUT2D eigenvalue weighted by Gasteiger charge is -2.02. The average molecular weight is 194 g/mol. The molecule has 2 aromatic heterocycles. The fraction of sp³-hybridized carbons (Fsp3) is 0.444. The molecule has 5 heteroatoms. The summed E-state index contributed by atoms with van der Waals surface area (Å²) >= 11 is 0. The molecule has 0 fully saturated rings. The van der Waals surface area contributed by atoms with Gasteiger partial charge in [0.2, 0.25) is 0 Å². The van der Waals surface area contributed by atoms with E-state index < -0.39 is 5.95 Å². The summed E-state index contributed by atoms with van der Waals surface area (Å²) in [6, 6.07) is 0. The summed E-state index contributed by atoms with van der Waals surface area (Å²) in [6.45, 7) is 4.71. The molecule has 0 spiro atoms. The Morgan fingerprint density at radius 1 is 1.36 bits per heavy atom. The smallest absolute Gasteiger partial charge is 0.260 e. The lowest BCUT2D eigenvalue weighted by Crippen LogP contribution is -2.01. The second-order valence-corrected chi connectivity index (χ2v) is 3.02. The predicted octanol–water partition coefficient (Wildman–Crippen LogP) is 1.55. The van der Waals surface area contributed by atoms with E-state index in [4.69, 9.17) is 0 Å². The third-order valence-corrected chi connectivity index (χ3v) is 2.24. The molecule has 2 rings (SSSR count). The normalized spacial score (nSPS) is 11.1. The molecule has 2 heterocycles. The first-order valence-corrected chi connectivity index (χ1v) is 4.63. The van der Waals surface area contributed by atoms with Crippen LogP contribution in [0.3, 0.4) is 0 Å². The van der Waals surface area contributed by atoms with Gasteiger partial charge in [-0.1, -0.05) is 6.92 Å². The SMILES string of the molecule is CCc1nnc(F)c2ncn(CC)c12. The second-order valence-electron chi connectivity index (χ2n) is 3.02. The lowest BCUT2D eigenvalue weighted by molar-refractivity contribution is 0.570. The fourth-order valence-electron chi connectivity index (χ4n) is 1.51. The van der Waals surface area contributed by atoms with Crippen LogP contribution in [0.25, 0.3) is 11.0 Å². The molecule has 0 amide bonds. The molecule has 0 radical (unpaired) electrons. The summed E-state index contributed by atoms with van der Waals surface area (Å²) < 4.78 is 15.1. The van der Waals surface area contributed by atoms with Gasteiger partial charge in [-0.25, -0.2) is 4.98 Å². The van der Waals surface area contributed by atoms with E-state index in [9.17, 15) is 4.39 Å². The molecule has 74 valence electrons. The number of aromatic nitrogens is 4. The molecule has 0 aliphatic heterocycles. The Balaban J connectivity index is 2.82. The van der Waals surface area contributed by atoms with Crippen LogP contribution >= 0.6 is 0 Å². The van der Waals surface area contributed by atoms with Crippen LogP contribution in [-0.4, -0.2) is 19.7 Å². The topological polar surface area (TPSA) is 43.6 Å². The van der Waals surface area contributed by atoms with Crippen LogP contribution in [0.4, 0.5) is 4.39 Å². The maximum atomic E-state index is 13.2. The number of rotatable bonds is 2. The zero-order valence-corrected chi connectivity index (χ0v) is 8.16. The molecule has 0 aliphatic carbocycles. The summed E-state index contributed by atoms with van der Waals surface area (Å²) in [5.74, 6) is -0.593. The molecule has 0 bridgehead atoms. The zero-order valence-electron chi connectivity index (χ0n) is 8.16. The highest BCUT2D eigenvalue weighted by Gasteiger charge is 2.12.